The van der Waals surface area contributed by atoms with Gasteiger partial charge in [0.15, 0.2) is 11.6 Å². The average Bonchev–Trinajstić information content (AvgIpc) is 3.73. The Labute approximate surface area is 297 Å². The molecule has 0 aliphatic heterocycles. The molecular weight excluding hydrogens is 641 g/mol. The van der Waals surface area contributed by atoms with Crippen LogP contribution in [0.3, 0.4) is 0 Å². The van der Waals surface area contributed by atoms with Gasteiger partial charge in [0.05, 0.1) is 45.6 Å². The number of aromatic nitrogens is 7. The SMILES string of the molecule is N#Cc1cccc(-c2cc(-n3c4ccccc4c4cc(-c5ncccn5)ccc43)ncc2-n2c3ccccc3c3cc(-c4ncccn4)ccc32)c1. The van der Waals surface area contributed by atoms with Crippen molar-refractivity contribution in [2.45, 2.75) is 0 Å². The van der Waals surface area contributed by atoms with Crippen molar-refractivity contribution in [3.8, 4) is 51.5 Å². The largest absolute Gasteiger partial charge is 0.307 e. The minimum absolute atomic E-state index is 0.587. The molecule has 0 fully saturated rings. The number of hydrogen-bond donors (Lipinski definition) is 0. The molecule has 0 aliphatic rings. The number of hydrogen-bond acceptors (Lipinski definition) is 6. The lowest BCUT2D eigenvalue weighted by Crippen LogP contribution is -2.03. The van der Waals surface area contributed by atoms with Crippen LogP contribution in [0.4, 0.5) is 0 Å². The lowest BCUT2D eigenvalue weighted by Gasteiger charge is -2.16. The Kier molecular flexibility index (Phi) is 6.69. The van der Waals surface area contributed by atoms with Gasteiger partial charge in [0, 0.05) is 63.0 Å². The van der Waals surface area contributed by atoms with Crippen LogP contribution in [-0.4, -0.2) is 34.1 Å². The maximum Gasteiger partial charge on any atom is 0.159 e. The molecule has 10 rings (SSSR count). The molecule has 10 aromatic rings. The molecule has 5 aromatic carbocycles. The molecule has 52 heavy (non-hydrogen) atoms. The van der Waals surface area contributed by atoms with Crippen LogP contribution in [0, 0.1) is 11.3 Å². The summed E-state index contributed by atoms with van der Waals surface area (Å²) in [5.41, 5.74) is 9.37. The predicted molar refractivity (Wildman–Crippen MR) is 205 cm³/mol. The summed E-state index contributed by atoms with van der Waals surface area (Å²) in [7, 11) is 0. The highest BCUT2D eigenvalue weighted by atomic mass is 15.1. The molecule has 0 amide bonds. The van der Waals surface area contributed by atoms with Gasteiger partial charge < -0.3 is 4.57 Å². The van der Waals surface area contributed by atoms with Gasteiger partial charge in [-0.1, -0.05) is 48.5 Å². The fourth-order valence-corrected chi connectivity index (χ4v) is 7.35. The molecule has 8 nitrogen and oxygen atoms in total. The number of para-hydroxylation sites is 2. The van der Waals surface area contributed by atoms with Gasteiger partial charge in [-0.3, -0.25) is 4.57 Å². The van der Waals surface area contributed by atoms with Gasteiger partial charge in [-0.25, -0.2) is 24.9 Å². The maximum atomic E-state index is 9.92. The van der Waals surface area contributed by atoms with Crippen LogP contribution in [-0.2, 0) is 0 Å². The molecule has 0 saturated heterocycles. The molecular formula is C44H26N8. The minimum Gasteiger partial charge on any atom is -0.307 e. The molecule has 0 spiro atoms. The Morgan fingerprint density at radius 3 is 1.62 bits per heavy atom. The summed E-state index contributed by atoms with van der Waals surface area (Å²) in [6, 6.07) is 45.4. The summed E-state index contributed by atoms with van der Waals surface area (Å²) >= 11 is 0. The molecule has 242 valence electrons. The Balaban J connectivity index is 1.24. The Bertz CT molecular complexity index is 3030. The van der Waals surface area contributed by atoms with Crippen molar-refractivity contribution in [2.75, 3.05) is 0 Å². The first-order valence-corrected chi connectivity index (χ1v) is 16.9. The van der Waals surface area contributed by atoms with E-state index in [0.29, 0.717) is 17.2 Å². The molecule has 0 N–H and O–H groups in total. The Morgan fingerprint density at radius 1 is 0.442 bits per heavy atom. The fraction of sp³-hybridized carbons (Fsp3) is 0. The third-order valence-corrected chi connectivity index (χ3v) is 9.63. The zero-order valence-corrected chi connectivity index (χ0v) is 27.6. The third-order valence-electron chi connectivity index (χ3n) is 9.63. The number of fused-ring (bicyclic) bond motifs is 6. The molecule has 0 unspecified atom stereocenters. The van der Waals surface area contributed by atoms with Gasteiger partial charge in [-0.2, -0.15) is 5.26 Å². The summed E-state index contributed by atoms with van der Waals surface area (Å²) in [5, 5.41) is 14.3. The van der Waals surface area contributed by atoms with E-state index >= 15 is 0 Å². The van der Waals surface area contributed by atoms with Crippen molar-refractivity contribution < 1.29 is 0 Å². The minimum atomic E-state index is 0.587. The smallest absolute Gasteiger partial charge is 0.159 e. The standard InChI is InChI=1S/C44H26N8/c45-26-28-8-5-9-29(22-28)34-25-42(52-38-13-4-2-11-33(38)36-24-31(15-17-40(36)52)44-48-20-7-21-49-44)50-27-41(34)51-37-12-3-1-10-32(37)35-23-30(14-16-39(35)51)43-46-18-6-19-47-43/h1-25,27H. The molecule has 5 aromatic heterocycles. The van der Waals surface area contributed by atoms with E-state index in [1.165, 1.54) is 0 Å². The van der Waals surface area contributed by atoms with E-state index in [0.717, 1.165) is 77.4 Å². The second-order valence-corrected chi connectivity index (χ2v) is 12.6. The molecule has 8 heteroatoms. The number of nitriles is 1. The Morgan fingerprint density at radius 2 is 1.00 bits per heavy atom. The van der Waals surface area contributed by atoms with Crippen molar-refractivity contribution in [1.29, 1.82) is 5.26 Å². The van der Waals surface area contributed by atoms with Crippen LogP contribution in [0.1, 0.15) is 5.56 Å². The quantitative estimate of drug-likeness (QED) is 0.181. The second-order valence-electron chi connectivity index (χ2n) is 12.6. The van der Waals surface area contributed by atoms with Crippen molar-refractivity contribution in [3.63, 3.8) is 0 Å². The summed E-state index contributed by atoms with van der Waals surface area (Å²) in [4.78, 5) is 23.2. The van der Waals surface area contributed by atoms with Crippen molar-refractivity contribution in [1.82, 2.24) is 34.1 Å². The van der Waals surface area contributed by atoms with Crippen LogP contribution >= 0.6 is 0 Å². The van der Waals surface area contributed by atoms with Crippen molar-refractivity contribution in [3.05, 3.63) is 164 Å². The van der Waals surface area contributed by atoms with Crippen molar-refractivity contribution >= 4 is 43.6 Å². The molecule has 0 radical (unpaired) electrons. The third kappa shape index (κ3) is 4.65. The normalized spacial score (nSPS) is 11.4. The number of benzene rings is 5. The zero-order valence-electron chi connectivity index (χ0n) is 27.6. The van der Waals surface area contributed by atoms with Gasteiger partial charge in [0.2, 0.25) is 0 Å². The van der Waals surface area contributed by atoms with E-state index in [1.807, 2.05) is 36.5 Å². The van der Waals surface area contributed by atoms with E-state index in [1.54, 1.807) is 24.8 Å². The molecule has 0 bridgehead atoms. The summed E-state index contributed by atoms with van der Waals surface area (Å²) in [6.07, 6.45) is 9.00. The molecule has 0 saturated carbocycles. The van der Waals surface area contributed by atoms with Crippen LogP contribution in [0.2, 0.25) is 0 Å². The van der Waals surface area contributed by atoms with Gasteiger partial charge in [-0.15, -0.1) is 0 Å². The van der Waals surface area contributed by atoms with Crippen LogP contribution < -0.4 is 0 Å². The molecule has 0 atom stereocenters. The topological polar surface area (TPSA) is 98.1 Å². The van der Waals surface area contributed by atoms with Gasteiger partial charge >= 0.3 is 0 Å². The van der Waals surface area contributed by atoms with Crippen molar-refractivity contribution in [2.24, 2.45) is 0 Å². The summed E-state index contributed by atoms with van der Waals surface area (Å²) < 4.78 is 4.48. The lowest BCUT2D eigenvalue weighted by molar-refractivity contribution is 1.06. The average molecular weight is 667 g/mol. The highest BCUT2D eigenvalue weighted by Crippen LogP contribution is 2.40. The van der Waals surface area contributed by atoms with Crippen LogP contribution in [0.15, 0.2) is 158 Å². The monoisotopic (exact) mass is 666 g/mol. The van der Waals surface area contributed by atoms with Gasteiger partial charge in [-0.05, 0) is 84.4 Å². The maximum absolute atomic E-state index is 9.92. The van der Waals surface area contributed by atoms with E-state index in [-0.39, 0.29) is 0 Å². The lowest BCUT2D eigenvalue weighted by atomic mass is 10.0. The van der Waals surface area contributed by atoms with Crippen LogP contribution in [0.5, 0.6) is 0 Å². The zero-order chi connectivity index (χ0) is 34.6. The van der Waals surface area contributed by atoms with Gasteiger partial charge in [0.25, 0.3) is 0 Å². The number of nitrogens with zero attached hydrogens (tertiary/aromatic N) is 8. The first kappa shape index (κ1) is 29.4. The van der Waals surface area contributed by atoms with E-state index in [9.17, 15) is 5.26 Å². The van der Waals surface area contributed by atoms with E-state index < -0.39 is 0 Å². The summed E-state index contributed by atoms with van der Waals surface area (Å²) in [5.74, 6) is 2.12. The van der Waals surface area contributed by atoms with E-state index in [4.69, 9.17) is 4.98 Å². The summed E-state index contributed by atoms with van der Waals surface area (Å²) in [6.45, 7) is 0. The Hall–Kier alpha value is -7.50. The molecule has 5 heterocycles. The first-order chi connectivity index (χ1) is 25.7. The van der Waals surface area contributed by atoms with Crippen LogP contribution in [0.25, 0.3) is 89.0 Å². The fourth-order valence-electron chi connectivity index (χ4n) is 7.35. The highest BCUT2D eigenvalue weighted by molar-refractivity contribution is 6.12. The highest BCUT2D eigenvalue weighted by Gasteiger charge is 2.20. The predicted octanol–water partition coefficient (Wildman–Crippen LogP) is 9.73. The molecule has 0 aliphatic carbocycles. The van der Waals surface area contributed by atoms with E-state index in [2.05, 4.69) is 132 Å². The first-order valence-electron chi connectivity index (χ1n) is 16.9. The second kappa shape index (κ2) is 11.8. The number of rotatable bonds is 5. The van der Waals surface area contributed by atoms with Gasteiger partial charge in [0.1, 0.15) is 5.82 Å². The number of pyridine rings is 1.